The predicted octanol–water partition coefficient (Wildman–Crippen LogP) is 1.70. The average Bonchev–Trinajstić information content (AvgIpc) is 2.75. The lowest BCUT2D eigenvalue weighted by atomic mass is 10.2. The molecule has 2 fully saturated rings. The highest BCUT2D eigenvalue weighted by atomic mass is 32.2. The molecule has 0 saturated carbocycles. The molecule has 156 valence electrons. The lowest BCUT2D eigenvalue weighted by Gasteiger charge is -2.26. The molecule has 0 bridgehead atoms. The smallest absolute Gasteiger partial charge is 0.251 e. The number of carbonyl (C=O) groups is 1. The van der Waals surface area contributed by atoms with Gasteiger partial charge in [0.2, 0.25) is 10.0 Å². The molecule has 1 aromatic rings. The second kappa shape index (κ2) is 10.3. The van der Waals surface area contributed by atoms with Crippen LogP contribution in [-0.2, 0) is 14.8 Å². The number of amides is 1. The minimum absolute atomic E-state index is 0.203. The molecule has 7 nitrogen and oxygen atoms in total. The van der Waals surface area contributed by atoms with E-state index in [0.717, 1.165) is 65.0 Å². The molecule has 1 aromatic carbocycles. The van der Waals surface area contributed by atoms with Crippen molar-refractivity contribution in [2.75, 3.05) is 52.5 Å². The Hall–Kier alpha value is -1.48. The van der Waals surface area contributed by atoms with Crippen LogP contribution in [0.3, 0.4) is 0 Å². The maximum atomic E-state index is 12.8. The Kier molecular flexibility index (Phi) is 7.84. The fourth-order valence-corrected chi connectivity index (χ4v) is 5.20. The highest BCUT2D eigenvalue weighted by Gasteiger charge is 2.26. The zero-order chi connectivity index (χ0) is 19.8. The number of hydrogen-bond donors (Lipinski definition) is 1. The maximum absolute atomic E-state index is 12.8. The van der Waals surface area contributed by atoms with Gasteiger partial charge in [0.1, 0.15) is 0 Å². The third-order valence-electron chi connectivity index (χ3n) is 5.34. The van der Waals surface area contributed by atoms with Crippen LogP contribution in [0, 0.1) is 0 Å². The second-order valence-corrected chi connectivity index (χ2v) is 9.35. The maximum Gasteiger partial charge on any atom is 0.251 e. The minimum atomic E-state index is -3.52. The fourth-order valence-electron chi connectivity index (χ4n) is 3.64. The van der Waals surface area contributed by atoms with Gasteiger partial charge in [-0.1, -0.05) is 12.5 Å². The molecule has 1 amide bonds. The Morgan fingerprint density at radius 1 is 1.04 bits per heavy atom. The van der Waals surface area contributed by atoms with Crippen molar-refractivity contribution < 1.29 is 17.9 Å². The van der Waals surface area contributed by atoms with Crippen LogP contribution in [0.25, 0.3) is 0 Å². The van der Waals surface area contributed by atoms with Gasteiger partial charge in [0.15, 0.2) is 0 Å². The van der Waals surface area contributed by atoms with Gasteiger partial charge in [0.05, 0.1) is 18.1 Å². The number of unbranched alkanes of at least 4 members (excludes halogenated alkanes) is 1. The highest BCUT2D eigenvalue weighted by Crippen LogP contribution is 2.21. The molecule has 0 aliphatic carbocycles. The Morgan fingerprint density at radius 2 is 1.79 bits per heavy atom. The molecule has 2 saturated heterocycles. The second-order valence-electron chi connectivity index (χ2n) is 7.41. The van der Waals surface area contributed by atoms with Crippen molar-refractivity contribution in [2.24, 2.45) is 0 Å². The first kappa shape index (κ1) is 21.2. The molecule has 2 aliphatic rings. The largest absolute Gasteiger partial charge is 0.379 e. The summed E-state index contributed by atoms with van der Waals surface area (Å²) < 4.78 is 32.4. The first-order valence-electron chi connectivity index (χ1n) is 10.3. The summed E-state index contributed by atoms with van der Waals surface area (Å²) in [6, 6.07) is 6.37. The van der Waals surface area contributed by atoms with Crippen LogP contribution in [0.4, 0.5) is 0 Å². The SMILES string of the molecule is O=C(NCCCCN1CCOCC1)c1cccc(S(=O)(=O)N2CCCCC2)c1. The molecule has 2 aliphatic heterocycles. The van der Waals surface area contributed by atoms with Crippen molar-refractivity contribution in [3.63, 3.8) is 0 Å². The Morgan fingerprint density at radius 3 is 2.54 bits per heavy atom. The van der Waals surface area contributed by atoms with Crippen LogP contribution >= 0.6 is 0 Å². The number of benzene rings is 1. The van der Waals surface area contributed by atoms with Crippen molar-refractivity contribution in [3.05, 3.63) is 29.8 Å². The molecular formula is C20H31N3O4S. The lowest BCUT2D eigenvalue weighted by Crippen LogP contribution is -2.37. The zero-order valence-electron chi connectivity index (χ0n) is 16.4. The summed E-state index contributed by atoms with van der Waals surface area (Å²) in [5, 5.41) is 2.90. The number of hydrogen-bond acceptors (Lipinski definition) is 5. The van der Waals surface area contributed by atoms with Crippen LogP contribution in [0.5, 0.6) is 0 Å². The highest BCUT2D eigenvalue weighted by molar-refractivity contribution is 7.89. The summed E-state index contributed by atoms with van der Waals surface area (Å²) in [6.45, 7) is 6.27. The number of nitrogens with zero attached hydrogens (tertiary/aromatic N) is 2. The van der Waals surface area contributed by atoms with E-state index in [1.165, 1.54) is 10.4 Å². The first-order chi connectivity index (χ1) is 13.6. The predicted molar refractivity (Wildman–Crippen MR) is 108 cm³/mol. The summed E-state index contributed by atoms with van der Waals surface area (Å²) in [6.07, 6.45) is 4.77. The van der Waals surface area contributed by atoms with Gasteiger partial charge >= 0.3 is 0 Å². The van der Waals surface area contributed by atoms with Gasteiger partial charge in [-0.25, -0.2) is 8.42 Å². The molecule has 3 rings (SSSR count). The third kappa shape index (κ3) is 5.76. The van der Waals surface area contributed by atoms with E-state index in [1.807, 2.05) is 0 Å². The molecule has 0 unspecified atom stereocenters. The van der Waals surface area contributed by atoms with Gasteiger partial charge in [-0.2, -0.15) is 4.31 Å². The van der Waals surface area contributed by atoms with Gasteiger partial charge in [-0.3, -0.25) is 9.69 Å². The van der Waals surface area contributed by atoms with Crippen molar-refractivity contribution in [1.29, 1.82) is 0 Å². The van der Waals surface area contributed by atoms with Crippen LogP contribution in [0.15, 0.2) is 29.2 Å². The summed E-state index contributed by atoms with van der Waals surface area (Å²) in [5.74, 6) is -0.220. The summed E-state index contributed by atoms with van der Waals surface area (Å²) >= 11 is 0. The van der Waals surface area contributed by atoms with Crippen molar-refractivity contribution in [2.45, 2.75) is 37.0 Å². The van der Waals surface area contributed by atoms with Crippen molar-refractivity contribution in [3.8, 4) is 0 Å². The Balaban J connectivity index is 1.48. The molecule has 1 N–H and O–H groups in total. The number of carbonyl (C=O) groups excluding carboxylic acids is 1. The summed E-state index contributed by atoms with van der Waals surface area (Å²) in [5.41, 5.74) is 0.395. The lowest BCUT2D eigenvalue weighted by molar-refractivity contribution is 0.0372. The molecule has 0 atom stereocenters. The van der Waals surface area contributed by atoms with E-state index in [4.69, 9.17) is 4.74 Å². The van der Waals surface area contributed by atoms with E-state index >= 15 is 0 Å². The third-order valence-corrected chi connectivity index (χ3v) is 7.23. The summed E-state index contributed by atoms with van der Waals surface area (Å²) in [7, 11) is -3.52. The number of nitrogens with one attached hydrogen (secondary N) is 1. The fraction of sp³-hybridized carbons (Fsp3) is 0.650. The molecule has 0 aromatic heterocycles. The van der Waals surface area contributed by atoms with Gasteiger partial charge in [0, 0.05) is 38.3 Å². The molecular weight excluding hydrogens is 378 g/mol. The number of morpholine rings is 1. The molecule has 8 heteroatoms. The Labute approximate surface area is 168 Å². The Bertz CT molecular complexity index is 742. The van der Waals surface area contributed by atoms with Crippen molar-refractivity contribution in [1.82, 2.24) is 14.5 Å². The topological polar surface area (TPSA) is 79.0 Å². The standard InChI is InChI=1S/C20H31N3O4S/c24-20(21-9-2-5-10-22-13-15-27-16-14-22)18-7-6-8-19(17-18)28(25,26)23-11-3-1-4-12-23/h6-8,17H,1-5,9-16H2,(H,21,24). The average molecular weight is 410 g/mol. The van der Waals surface area contributed by atoms with Crippen LogP contribution < -0.4 is 5.32 Å². The molecule has 0 spiro atoms. The monoisotopic (exact) mass is 409 g/mol. The van der Waals surface area contributed by atoms with Crippen LogP contribution in [0.2, 0.25) is 0 Å². The van der Waals surface area contributed by atoms with Gasteiger partial charge in [-0.15, -0.1) is 0 Å². The normalized spacial score (nSPS) is 19.4. The number of rotatable bonds is 8. The van der Waals surface area contributed by atoms with E-state index < -0.39 is 10.0 Å². The van der Waals surface area contributed by atoms with E-state index in [0.29, 0.717) is 25.2 Å². The van der Waals surface area contributed by atoms with E-state index in [-0.39, 0.29) is 10.8 Å². The van der Waals surface area contributed by atoms with Gasteiger partial charge in [0.25, 0.3) is 5.91 Å². The van der Waals surface area contributed by atoms with Gasteiger partial charge in [-0.05, 0) is 50.4 Å². The molecule has 0 radical (unpaired) electrons. The quantitative estimate of drug-likeness (QED) is 0.661. The zero-order valence-corrected chi connectivity index (χ0v) is 17.3. The molecule has 2 heterocycles. The van der Waals surface area contributed by atoms with E-state index in [1.54, 1.807) is 18.2 Å². The minimum Gasteiger partial charge on any atom is -0.379 e. The first-order valence-corrected chi connectivity index (χ1v) is 11.7. The van der Waals surface area contributed by atoms with E-state index in [2.05, 4.69) is 10.2 Å². The molecule has 28 heavy (non-hydrogen) atoms. The number of ether oxygens (including phenoxy) is 1. The number of sulfonamides is 1. The van der Waals surface area contributed by atoms with Crippen molar-refractivity contribution >= 4 is 15.9 Å². The van der Waals surface area contributed by atoms with Crippen LogP contribution in [0.1, 0.15) is 42.5 Å². The van der Waals surface area contributed by atoms with Crippen LogP contribution in [-0.4, -0.2) is 76.0 Å². The summed E-state index contributed by atoms with van der Waals surface area (Å²) in [4.78, 5) is 15.0. The van der Waals surface area contributed by atoms with E-state index in [9.17, 15) is 13.2 Å². The van der Waals surface area contributed by atoms with Gasteiger partial charge < -0.3 is 10.1 Å². The number of piperidine rings is 1.